The van der Waals surface area contributed by atoms with E-state index in [1.165, 1.54) is 0 Å². The number of anilines is 1. The number of hydrogen-bond donors (Lipinski definition) is 0. The molecule has 2 aliphatic rings. The maximum Gasteiger partial charge on any atom is 0.232 e. The van der Waals surface area contributed by atoms with Crippen LogP contribution in [-0.2, 0) is 9.59 Å². The first-order valence-corrected chi connectivity index (χ1v) is 10.6. The summed E-state index contributed by atoms with van der Waals surface area (Å²) in [6.45, 7) is 4.11. The van der Waals surface area contributed by atoms with Gasteiger partial charge in [-0.05, 0) is 47.7 Å². The number of allylic oxidation sites excluding steroid dienone is 2. The number of ketones is 1. The maximum absolute atomic E-state index is 13.3. The van der Waals surface area contributed by atoms with E-state index < -0.39 is 0 Å². The van der Waals surface area contributed by atoms with Crippen molar-refractivity contribution in [3.63, 3.8) is 0 Å². The van der Waals surface area contributed by atoms with E-state index in [9.17, 15) is 9.59 Å². The first-order valence-electron chi connectivity index (χ1n) is 9.46. The van der Waals surface area contributed by atoms with Gasteiger partial charge < -0.3 is 0 Å². The number of carbonyl (C=O) groups excluding carboxylic acids is 2. The van der Waals surface area contributed by atoms with Crippen molar-refractivity contribution in [1.29, 1.82) is 0 Å². The van der Waals surface area contributed by atoms with Gasteiger partial charge in [-0.15, -0.1) is 0 Å². The second-order valence-electron chi connectivity index (χ2n) is 8.44. The fraction of sp³-hybridized carbons (Fsp3) is 0.304. The molecule has 0 bridgehead atoms. The van der Waals surface area contributed by atoms with Gasteiger partial charge in [-0.25, -0.2) is 0 Å². The van der Waals surface area contributed by atoms with Gasteiger partial charge >= 0.3 is 0 Å². The SMILES string of the molecule is CC1(C)CC(=O)C2=C(C1)N(c1cccc(Cl)c1)C(=O)CC2c1ccc(Cl)c(Cl)c1. The Labute approximate surface area is 185 Å². The number of amides is 1. The summed E-state index contributed by atoms with van der Waals surface area (Å²) in [4.78, 5) is 28.2. The maximum atomic E-state index is 13.3. The average Bonchev–Trinajstić information content (AvgIpc) is 2.62. The predicted molar refractivity (Wildman–Crippen MR) is 118 cm³/mol. The Morgan fingerprint density at radius 3 is 2.41 bits per heavy atom. The summed E-state index contributed by atoms with van der Waals surface area (Å²) in [5.74, 6) is -0.314. The zero-order valence-corrected chi connectivity index (χ0v) is 18.4. The monoisotopic (exact) mass is 447 g/mol. The van der Waals surface area contributed by atoms with Crippen molar-refractivity contribution < 1.29 is 9.59 Å². The van der Waals surface area contributed by atoms with Crippen LogP contribution in [-0.4, -0.2) is 11.7 Å². The summed E-state index contributed by atoms with van der Waals surface area (Å²) < 4.78 is 0. The van der Waals surface area contributed by atoms with Gasteiger partial charge in [-0.3, -0.25) is 14.5 Å². The molecule has 0 saturated heterocycles. The third-order valence-electron chi connectivity index (χ3n) is 5.56. The highest BCUT2D eigenvalue weighted by atomic mass is 35.5. The molecule has 0 N–H and O–H groups in total. The van der Waals surface area contributed by atoms with Crippen molar-refractivity contribution in [3.05, 3.63) is 74.4 Å². The van der Waals surface area contributed by atoms with E-state index in [1.807, 2.05) is 18.2 Å². The van der Waals surface area contributed by atoms with Crippen LogP contribution in [0, 0.1) is 5.41 Å². The Hall–Kier alpha value is -1.81. The topological polar surface area (TPSA) is 37.4 Å². The van der Waals surface area contributed by atoms with Crippen LogP contribution in [0.25, 0.3) is 0 Å². The summed E-state index contributed by atoms with van der Waals surface area (Å²) in [6, 6.07) is 12.5. The molecule has 0 radical (unpaired) electrons. The molecule has 1 heterocycles. The van der Waals surface area contributed by atoms with Gasteiger partial charge in [0.1, 0.15) is 0 Å². The number of hydrogen-bond acceptors (Lipinski definition) is 2. The number of carbonyl (C=O) groups is 2. The molecule has 1 amide bonds. The number of nitrogens with zero attached hydrogens (tertiary/aromatic N) is 1. The largest absolute Gasteiger partial charge is 0.294 e. The van der Waals surface area contributed by atoms with Crippen molar-refractivity contribution in [3.8, 4) is 0 Å². The Balaban J connectivity index is 1.91. The summed E-state index contributed by atoms with van der Waals surface area (Å²) in [7, 11) is 0. The summed E-state index contributed by atoms with van der Waals surface area (Å²) in [6.07, 6.45) is 1.26. The quantitative estimate of drug-likeness (QED) is 0.506. The molecular weight excluding hydrogens is 429 g/mol. The molecule has 3 nitrogen and oxygen atoms in total. The lowest BCUT2D eigenvalue weighted by Gasteiger charge is -2.43. The van der Waals surface area contributed by atoms with Gasteiger partial charge in [0.25, 0.3) is 0 Å². The molecule has 1 aliphatic heterocycles. The fourth-order valence-electron chi connectivity index (χ4n) is 4.34. The molecule has 2 aromatic carbocycles. The highest BCUT2D eigenvalue weighted by Gasteiger charge is 2.44. The van der Waals surface area contributed by atoms with Crippen LogP contribution in [0.2, 0.25) is 15.1 Å². The molecule has 0 aromatic heterocycles. The summed E-state index contributed by atoms with van der Waals surface area (Å²) in [5.41, 5.74) is 2.75. The molecule has 0 saturated carbocycles. The van der Waals surface area contributed by atoms with Crippen molar-refractivity contribution in [2.75, 3.05) is 4.90 Å². The van der Waals surface area contributed by atoms with E-state index in [1.54, 1.807) is 29.2 Å². The van der Waals surface area contributed by atoms with Gasteiger partial charge in [0.05, 0.1) is 15.7 Å². The summed E-state index contributed by atoms with van der Waals surface area (Å²) >= 11 is 18.5. The molecule has 2 aromatic rings. The molecule has 1 aliphatic carbocycles. The smallest absolute Gasteiger partial charge is 0.232 e. The minimum atomic E-state index is -0.327. The molecule has 1 unspecified atom stereocenters. The Bertz CT molecular complexity index is 1060. The Morgan fingerprint density at radius 2 is 1.72 bits per heavy atom. The van der Waals surface area contributed by atoms with Crippen LogP contribution >= 0.6 is 34.8 Å². The Kier molecular flexibility index (Phi) is 5.27. The van der Waals surface area contributed by atoms with Crippen LogP contribution in [0.15, 0.2) is 53.7 Å². The van der Waals surface area contributed by atoms with Gasteiger partial charge in [-0.1, -0.05) is 60.8 Å². The third-order valence-corrected chi connectivity index (χ3v) is 6.53. The average molecular weight is 449 g/mol. The molecule has 4 rings (SSSR count). The van der Waals surface area contributed by atoms with Crippen LogP contribution in [0.1, 0.15) is 44.6 Å². The Morgan fingerprint density at radius 1 is 0.966 bits per heavy atom. The zero-order chi connectivity index (χ0) is 20.9. The van der Waals surface area contributed by atoms with Crippen molar-refractivity contribution in [2.24, 2.45) is 5.41 Å². The normalized spacial score (nSPS) is 21.4. The summed E-state index contributed by atoms with van der Waals surface area (Å²) in [5, 5.41) is 1.41. The van der Waals surface area contributed by atoms with E-state index in [0.29, 0.717) is 39.2 Å². The lowest BCUT2D eigenvalue weighted by Crippen LogP contribution is -2.43. The van der Waals surface area contributed by atoms with Crippen molar-refractivity contribution in [1.82, 2.24) is 0 Å². The van der Waals surface area contributed by atoms with Crippen LogP contribution in [0.3, 0.4) is 0 Å². The minimum absolute atomic E-state index is 0.0624. The van der Waals surface area contributed by atoms with E-state index in [4.69, 9.17) is 34.8 Å². The third kappa shape index (κ3) is 3.84. The lowest BCUT2D eigenvalue weighted by molar-refractivity contribution is -0.121. The van der Waals surface area contributed by atoms with Crippen LogP contribution in [0.5, 0.6) is 0 Å². The number of benzene rings is 2. The van der Waals surface area contributed by atoms with Gasteiger partial charge in [0, 0.05) is 35.1 Å². The molecule has 29 heavy (non-hydrogen) atoms. The lowest BCUT2D eigenvalue weighted by atomic mass is 9.69. The fourth-order valence-corrected chi connectivity index (χ4v) is 4.84. The van der Waals surface area contributed by atoms with Crippen LogP contribution < -0.4 is 4.90 Å². The number of halogens is 3. The standard InChI is InChI=1S/C23H20Cl3NO2/c1-23(2)11-19-22(20(28)12-23)16(13-6-7-17(25)18(26)8-13)10-21(29)27(19)15-5-3-4-14(24)9-15/h3-9,16H,10-12H2,1-2H3. The highest BCUT2D eigenvalue weighted by molar-refractivity contribution is 6.42. The van der Waals surface area contributed by atoms with Crippen LogP contribution in [0.4, 0.5) is 5.69 Å². The molecule has 0 spiro atoms. The van der Waals surface area contributed by atoms with E-state index in [0.717, 1.165) is 11.3 Å². The second-order valence-corrected chi connectivity index (χ2v) is 9.69. The van der Waals surface area contributed by atoms with E-state index in [-0.39, 0.29) is 29.4 Å². The second kappa shape index (κ2) is 7.46. The van der Waals surface area contributed by atoms with Gasteiger partial charge in [0.15, 0.2) is 5.78 Å². The van der Waals surface area contributed by atoms with Crippen molar-refractivity contribution in [2.45, 2.75) is 39.0 Å². The van der Waals surface area contributed by atoms with E-state index in [2.05, 4.69) is 13.8 Å². The van der Waals surface area contributed by atoms with Gasteiger partial charge in [0.2, 0.25) is 5.91 Å². The molecule has 150 valence electrons. The number of Topliss-reactive ketones (excluding diaryl/α,β-unsaturated/α-hetero) is 1. The predicted octanol–water partition coefficient (Wildman–Crippen LogP) is 6.81. The van der Waals surface area contributed by atoms with Gasteiger partial charge in [-0.2, -0.15) is 0 Å². The minimum Gasteiger partial charge on any atom is -0.294 e. The highest BCUT2D eigenvalue weighted by Crippen LogP contribution is 2.48. The molecular formula is C23H20Cl3NO2. The molecule has 0 fully saturated rings. The zero-order valence-electron chi connectivity index (χ0n) is 16.1. The van der Waals surface area contributed by atoms with E-state index >= 15 is 0 Å². The number of rotatable bonds is 2. The first-order chi connectivity index (χ1) is 13.7. The van der Waals surface area contributed by atoms with Crippen molar-refractivity contribution >= 4 is 52.2 Å². The molecule has 6 heteroatoms. The first kappa shape index (κ1) is 20.5. The molecule has 1 atom stereocenters.